The zero-order chi connectivity index (χ0) is 16.0. The van der Waals surface area contributed by atoms with E-state index in [4.69, 9.17) is 0 Å². The molecule has 114 valence electrons. The molecule has 3 heterocycles. The van der Waals surface area contributed by atoms with Crippen LogP contribution in [-0.2, 0) is 10.2 Å². The first kappa shape index (κ1) is 13.7. The second-order valence-electron chi connectivity index (χ2n) is 6.21. The van der Waals surface area contributed by atoms with Gasteiger partial charge in [-0.25, -0.2) is 4.98 Å². The van der Waals surface area contributed by atoms with Gasteiger partial charge in [0.15, 0.2) is 0 Å². The maximum Gasteiger partial charge on any atom is 0.234 e. The molecule has 0 spiro atoms. The van der Waals surface area contributed by atoms with Gasteiger partial charge in [0.1, 0.15) is 0 Å². The number of carbonyl (C=O) groups is 1. The molecule has 0 radical (unpaired) electrons. The highest BCUT2D eigenvalue weighted by atomic mass is 16.2. The van der Waals surface area contributed by atoms with Crippen LogP contribution >= 0.6 is 0 Å². The van der Waals surface area contributed by atoms with Crippen LogP contribution in [-0.4, -0.2) is 20.4 Å². The van der Waals surface area contributed by atoms with Gasteiger partial charge < -0.3 is 9.88 Å². The van der Waals surface area contributed by atoms with Crippen molar-refractivity contribution in [2.24, 2.45) is 0 Å². The average Bonchev–Trinajstić information content (AvgIpc) is 3.12. The van der Waals surface area contributed by atoms with Crippen LogP contribution in [0.3, 0.4) is 0 Å². The van der Waals surface area contributed by atoms with Gasteiger partial charge in [0, 0.05) is 35.5 Å². The molecular formula is C18H16N4O. The molecule has 1 aliphatic rings. The first-order valence-corrected chi connectivity index (χ1v) is 7.46. The summed E-state index contributed by atoms with van der Waals surface area (Å²) in [4.78, 5) is 20.5. The van der Waals surface area contributed by atoms with E-state index in [0.717, 1.165) is 28.2 Å². The van der Waals surface area contributed by atoms with Crippen molar-refractivity contribution in [1.29, 1.82) is 0 Å². The zero-order valence-corrected chi connectivity index (χ0v) is 12.9. The molecule has 1 aliphatic heterocycles. The summed E-state index contributed by atoms with van der Waals surface area (Å²) in [5.41, 5.74) is 4.30. The summed E-state index contributed by atoms with van der Waals surface area (Å²) in [5, 5.41) is 2.96. The number of carbonyl (C=O) groups excluding carboxylic acids is 1. The molecule has 4 rings (SSSR count). The Kier molecular flexibility index (Phi) is 2.84. The molecule has 1 N–H and O–H groups in total. The Labute approximate surface area is 134 Å². The van der Waals surface area contributed by atoms with Gasteiger partial charge in [-0.05, 0) is 43.7 Å². The number of fused-ring (bicyclic) bond motifs is 1. The van der Waals surface area contributed by atoms with Crippen molar-refractivity contribution >= 4 is 11.6 Å². The Morgan fingerprint density at radius 3 is 2.70 bits per heavy atom. The monoisotopic (exact) mass is 304 g/mol. The van der Waals surface area contributed by atoms with E-state index in [2.05, 4.69) is 15.3 Å². The van der Waals surface area contributed by atoms with E-state index < -0.39 is 5.41 Å². The van der Waals surface area contributed by atoms with Gasteiger partial charge in [-0.3, -0.25) is 9.78 Å². The zero-order valence-electron chi connectivity index (χ0n) is 12.9. The number of pyridine rings is 1. The maximum absolute atomic E-state index is 12.1. The fourth-order valence-electron chi connectivity index (χ4n) is 2.88. The van der Waals surface area contributed by atoms with Crippen LogP contribution in [0.5, 0.6) is 0 Å². The van der Waals surface area contributed by atoms with Crippen LogP contribution in [0.15, 0.2) is 55.2 Å². The van der Waals surface area contributed by atoms with Gasteiger partial charge in [-0.2, -0.15) is 0 Å². The smallest absolute Gasteiger partial charge is 0.234 e. The molecule has 2 aromatic heterocycles. The van der Waals surface area contributed by atoms with Gasteiger partial charge in [-0.1, -0.05) is 6.07 Å². The SMILES string of the molecule is CC1(C)C(=O)Nc2cc(-n3cnc(-c4ccncc4)c3)ccc21. The minimum absolute atomic E-state index is 0.0350. The third kappa shape index (κ3) is 2.12. The lowest BCUT2D eigenvalue weighted by atomic mass is 9.86. The molecule has 0 fully saturated rings. The van der Waals surface area contributed by atoms with Crippen LogP contribution < -0.4 is 5.32 Å². The quantitative estimate of drug-likeness (QED) is 0.791. The molecule has 1 aromatic carbocycles. The topological polar surface area (TPSA) is 59.8 Å². The third-order valence-electron chi connectivity index (χ3n) is 4.35. The number of anilines is 1. The highest BCUT2D eigenvalue weighted by molar-refractivity contribution is 6.05. The van der Waals surface area contributed by atoms with Crippen molar-refractivity contribution < 1.29 is 4.79 Å². The Hall–Kier alpha value is -2.95. The number of hydrogen-bond donors (Lipinski definition) is 1. The fourth-order valence-corrected chi connectivity index (χ4v) is 2.88. The van der Waals surface area contributed by atoms with E-state index >= 15 is 0 Å². The van der Waals surface area contributed by atoms with Gasteiger partial charge in [0.2, 0.25) is 5.91 Å². The Morgan fingerprint density at radius 1 is 1.13 bits per heavy atom. The summed E-state index contributed by atoms with van der Waals surface area (Å²) >= 11 is 0. The van der Waals surface area contributed by atoms with Gasteiger partial charge in [0.05, 0.1) is 17.4 Å². The lowest BCUT2D eigenvalue weighted by molar-refractivity contribution is -0.119. The molecular weight excluding hydrogens is 288 g/mol. The summed E-state index contributed by atoms with van der Waals surface area (Å²) in [6.07, 6.45) is 7.25. The number of nitrogens with one attached hydrogen (secondary N) is 1. The molecule has 0 bridgehead atoms. The van der Waals surface area contributed by atoms with Crippen molar-refractivity contribution in [1.82, 2.24) is 14.5 Å². The second-order valence-corrected chi connectivity index (χ2v) is 6.21. The number of amides is 1. The largest absolute Gasteiger partial charge is 0.325 e. The van der Waals surface area contributed by atoms with E-state index in [1.807, 2.05) is 54.9 Å². The number of aromatic nitrogens is 3. The first-order chi connectivity index (χ1) is 11.1. The van der Waals surface area contributed by atoms with Crippen LogP contribution in [0.1, 0.15) is 19.4 Å². The number of hydrogen-bond acceptors (Lipinski definition) is 3. The van der Waals surface area contributed by atoms with Crippen molar-refractivity contribution in [3.05, 3.63) is 60.8 Å². The van der Waals surface area contributed by atoms with Crippen molar-refractivity contribution in [3.63, 3.8) is 0 Å². The van der Waals surface area contributed by atoms with Gasteiger partial charge >= 0.3 is 0 Å². The predicted octanol–water partition coefficient (Wildman–Crippen LogP) is 3.16. The minimum atomic E-state index is -0.481. The Morgan fingerprint density at radius 2 is 1.91 bits per heavy atom. The van der Waals surface area contributed by atoms with E-state index in [-0.39, 0.29) is 5.91 Å². The molecule has 0 saturated carbocycles. The third-order valence-corrected chi connectivity index (χ3v) is 4.35. The number of imidazole rings is 1. The highest BCUT2D eigenvalue weighted by Gasteiger charge is 2.38. The van der Waals surface area contributed by atoms with E-state index in [0.29, 0.717) is 0 Å². The molecule has 0 unspecified atom stereocenters. The lowest BCUT2D eigenvalue weighted by Gasteiger charge is -2.15. The molecule has 0 aliphatic carbocycles. The summed E-state index contributed by atoms with van der Waals surface area (Å²) < 4.78 is 1.95. The van der Waals surface area contributed by atoms with Crippen molar-refractivity contribution in [2.45, 2.75) is 19.3 Å². The average molecular weight is 304 g/mol. The molecule has 5 heteroatoms. The Balaban J connectivity index is 1.72. The second kappa shape index (κ2) is 4.78. The number of nitrogens with zero attached hydrogens (tertiary/aromatic N) is 3. The first-order valence-electron chi connectivity index (χ1n) is 7.46. The van der Waals surface area contributed by atoms with Crippen LogP contribution in [0.2, 0.25) is 0 Å². The normalized spacial score (nSPS) is 15.3. The van der Waals surface area contributed by atoms with E-state index in [9.17, 15) is 4.79 Å². The molecule has 23 heavy (non-hydrogen) atoms. The highest BCUT2D eigenvalue weighted by Crippen LogP contribution is 2.38. The van der Waals surface area contributed by atoms with Crippen molar-refractivity contribution in [3.8, 4) is 16.9 Å². The van der Waals surface area contributed by atoms with E-state index in [1.54, 1.807) is 18.7 Å². The van der Waals surface area contributed by atoms with Gasteiger partial charge in [-0.15, -0.1) is 0 Å². The molecule has 3 aromatic rings. The van der Waals surface area contributed by atoms with Crippen LogP contribution in [0, 0.1) is 0 Å². The standard InChI is InChI=1S/C18H16N4O/c1-18(2)14-4-3-13(9-15(14)21-17(18)23)22-10-16(20-11-22)12-5-7-19-8-6-12/h3-11H,1-2H3,(H,21,23). The summed E-state index contributed by atoms with van der Waals surface area (Å²) in [5.74, 6) is 0.0350. The van der Waals surface area contributed by atoms with Crippen molar-refractivity contribution in [2.75, 3.05) is 5.32 Å². The Bertz CT molecular complexity index is 896. The molecule has 0 saturated heterocycles. The summed E-state index contributed by atoms with van der Waals surface area (Å²) in [7, 11) is 0. The van der Waals surface area contributed by atoms with E-state index in [1.165, 1.54) is 0 Å². The maximum atomic E-state index is 12.1. The molecule has 5 nitrogen and oxygen atoms in total. The predicted molar refractivity (Wildman–Crippen MR) is 88.5 cm³/mol. The molecule has 0 atom stereocenters. The molecule has 1 amide bonds. The van der Waals surface area contributed by atoms with Crippen LogP contribution in [0.4, 0.5) is 5.69 Å². The lowest BCUT2D eigenvalue weighted by Crippen LogP contribution is -2.26. The minimum Gasteiger partial charge on any atom is -0.325 e. The fraction of sp³-hybridized carbons (Fsp3) is 0.167. The van der Waals surface area contributed by atoms with Crippen LogP contribution in [0.25, 0.3) is 16.9 Å². The number of rotatable bonds is 2. The number of benzene rings is 1. The van der Waals surface area contributed by atoms with Gasteiger partial charge in [0.25, 0.3) is 0 Å². The summed E-state index contributed by atoms with van der Waals surface area (Å²) in [6.45, 7) is 3.87. The summed E-state index contributed by atoms with van der Waals surface area (Å²) in [6, 6.07) is 9.86.